The van der Waals surface area contributed by atoms with Crippen molar-refractivity contribution in [1.82, 2.24) is 10.2 Å². The molecule has 0 saturated carbocycles. The standard InChI is InChI=1S/C13H17BrN2S2/c1-16(2)12(13-4-3-5-17-13)8-15-7-11-6-10(14)9-18-11/h3-6,9,12,15H,7-8H2,1-2H3. The Morgan fingerprint density at radius 1 is 1.39 bits per heavy atom. The van der Waals surface area contributed by atoms with Crippen molar-refractivity contribution in [3.63, 3.8) is 0 Å². The lowest BCUT2D eigenvalue weighted by Gasteiger charge is -2.23. The lowest BCUT2D eigenvalue weighted by atomic mass is 10.2. The van der Waals surface area contributed by atoms with Gasteiger partial charge in [-0.3, -0.25) is 0 Å². The second-order valence-electron chi connectivity index (χ2n) is 4.36. The molecule has 0 amide bonds. The molecule has 0 aliphatic rings. The fraction of sp³-hybridized carbons (Fsp3) is 0.385. The largest absolute Gasteiger partial charge is 0.310 e. The van der Waals surface area contributed by atoms with E-state index in [9.17, 15) is 0 Å². The average Bonchev–Trinajstić information content (AvgIpc) is 2.95. The third-order valence-electron chi connectivity index (χ3n) is 2.75. The first-order valence-corrected chi connectivity index (χ1v) is 8.35. The molecule has 1 unspecified atom stereocenters. The number of hydrogen-bond donors (Lipinski definition) is 1. The van der Waals surface area contributed by atoms with Gasteiger partial charge >= 0.3 is 0 Å². The Labute approximate surface area is 125 Å². The maximum absolute atomic E-state index is 3.54. The summed E-state index contributed by atoms with van der Waals surface area (Å²) in [5, 5.41) is 7.81. The minimum absolute atomic E-state index is 0.452. The molecule has 1 N–H and O–H groups in total. The first-order valence-electron chi connectivity index (χ1n) is 5.80. The molecule has 98 valence electrons. The van der Waals surface area contributed by atoms with Gasteiger partial charge in [0.05, 0.1) is 6.04 Å². The number of hydrogen-bond acceptors (Lipinski definition) is 4. The van der Waals surface area contributed by atoms with Gasteiger partial charge in [0.15, 0.2) is 0 Å². The molecule has 18 heavy (non-hydrogen) atoms. The van der Waals surface area contributed by atoms with E-state index in [0.29, 0.717) is 6.04 Å². The second-order valence-corrected chi connectivity index (χ2v) is 7.25. The molecule has 2 heterocycles. The third kappa shape index (κ3) is 3.90. The summed E-state index contributed by atoms with van der Waals surface area (Å²) in [5.41, 5.74) is 0. The van der Waals surface area contributed by atoms with E-state index in [1.54, 1.807) is 11.3 Å². The van der Waals surface area contributed by atoms with Crippen LogP contribution in [0.15, 0.2) is 33.4 Å². The molecule has 2 nitrogen and oxygen atoms in total. The summed E-state index contributed by atoms with van der Waals surface area (Å²) in [4.78, 5) is 5.05. The number of nitrogens with zero attached hydrogens (tertiary/aromatic N) is 1. The molecule has 0 radical (unpaired) electrons. The molecule has 0 aliphatic heterocycles. The van der Waals surface area contributed by atoms with Crippen LogP contribution in [0.25, 0.3) is 0 Å². The van der Waals surface area contributed by atoms with E-state index in [1.165, 1.54) is 14.2 Å². The van der Waals surface area contributed by atoms with E-state index in [1.807, 2.05) is 11.3 Å². The molecule has 5 heteroatoms. The van der Waals surface area contributed by atoms with Crippen LogP contribution >= 0.6 is 38.6 Å². The molecular weight excluding hydrogens is 328 g/mol. The Morgan fingerprint density at radius 2 is 2.22 bits per heavy atom. The van der Waals surface area contributed by atoms with Crippen LogP contribution in [0.3, 0.4) is 0 Å². The van der Waals surface area contributed by atoms with Crippen LogP contribution in [0.2, 0.25) is 0 Å². The van der Waals surface area contributed by atoms with Crippen molar-refractivity contribution >= 4 is 38.6 Å². The van der Waals surface area contributed by atoms with E-state index in [4.69, 9.17) is 0 Å². The number of nitrogens with one attached hydrogen (secondary N) is 1. The Balaban J connectivity index is 1.87. The van der Waals surface area contributed by atoms with Gasteiger partial charge in [-0.15, -0.1) is 22.7 Å². The van der Waals surface area contributed by atoms with E-state index < -0.39 is 0 Å². The Hall–Kier alpha value is -0.200. The van der Waals surface area contributed by atoms with Crippen molar-refractivity contribution in [3.05, 3.63) is 43.2 Å². The predicted molar refractivity (Wildman–Crippen MR) is 84.5 cm³/mol. The predicted octanol–water partition coefficient (Wildman–Crippen LogP) is 3.96. The molecule has 2 aromatic heterocycles. The number of thiophene rings is 2. The van der Waals surface area contributed by atoms with Crippen molar-refractivity contribution < 1.29 is 0 Å². The van der Waals surface area contributed by atoms with Crippen LogP contribution in [-0.4, -0.2) is 25.5 Å². The minimum atomic E-state index is 0.452. The van der Waals surface area contributed by atoms with Crippen LogP contribution in [0.1, 0.15) is 15.8 Å². The van der Waals surface area contributed by atoms with Gasteiger partial charge in [0.2, 0.25) is 0 Å². The summed E-state index contributed by atoms with van der Waals surface area (Å²) in [7, 11) is 4.27. The van der Waals surface area contributed by atoms with Gasteiger partial charge in [-0.25, -0.2) is 0 Å². The molecule has 0 saturated heterocycles. The topological polar surface area (TPSA) is 15.3 Å². The molecule has 0 aliphatic carbocycles. The summed E-state index contributed by atoms with van der Waals surface area (Å²) in [6, 6.07) is 6.95. The molecule has 2 aromatic rings. The summed E-state index contributed by atoms with van der Waals surface area (Å²) in [6.07, 6.45) is 0. The monoisotopic (exact) mass is 344 g/mol. The number of likely N-dealkylation sites (N-methyl/N-ethyl adjacent to an activating group) is 1. The SMILES string of the molecule is CN(C)C(CNCc1cc(Br)cs1)c1cccs1. The third-order valence-corrected chi connectivity index (χ3v) is 5.42. The fourth-order valence-corrected chi connectivity index (χ4v) is 4.14. The van der Waals surface area contributed by atoms with Crippen molar-refractivity contribution in [1.29, 1.82) is 0 Å². The molecule has 0 fully saturated rings. The van der Waals surface area contributed by atoms with Gasteiger partial charge in [-0.2, -0.15) is 0 Å². The first kappa shape index (κ1) is 14.2. The fourth-order valence-electron chi connectivity index (χ4n) is 1.80. The molecule has 0 bridgehead atoms. The van der Waals surface area contributed by atoms with Gasteiger partial charge in [0, 0.05) is 32.7 Å². The Kier molecular flexibility index (Phi) is 5.38. The van der Waals surface area contributed by atoms with Crippen LogP contribution in [0.4, 0.5) is 0 Å². The first-order chi connectivity index (χ1) is 8.66. The Morgan fingerprint density at radius 3 is 2.78 bits per heavy atom. The zero-order chi connectivity index (χ0) is 13.0. The summed E-state index contributed by atoms with van der Waals surface area (Å²) in [6.45, 7) is 1.91. The molecular formula is C13H17BrN2S2. The smallest absolute Gasteiger partial charge is 0.0561 e. The zero-order valence-corrected chi connectivity index (χ0v) is 13.7. The highest BCUT2D eigenvalue weighted by atomic mass is 79.9. The molecule has 2 rings (SSSR count). The van der Waals surface area contributed by atoms with Crippen molar-refractivity contribution in [2.24, 2.45) is 0 Å². The molecule has 0 aromatic carbocycles. The van der Waals surface area contributed by atoms with Crippen LogP contribution < -0.4 is 5.32 Å². The van der Waals surface area contributed by atoms with Gasteiger partial charge < -0.3 is 10.2 Å². The highest BCUT2D eigenvalue weighted by Gasteiger charge is 2.14. The van der Waals surface area contributed by atoms with E-state index in [0.717, 1.165) is 13.1 Å². The maximum atomic E-state index is 3.54. The number of rotatable bonds is 6. The summed E-state index contributed by atoms with van der Waals surface area (Å²) < 4.78 is 1.17. The average molecular weight is 345 g/mol. The number of halogens is 1. The van der Waals surface area contributed by atoms with Gasteiger partial charge in [0.25, 0.3) is 0 Å². The van der Waals surface area contributed by atoms with E-state index in [2.05, 4.69) is 69.2 Å². The zero-order valence-electron chi connectivity index (χ0n) is 10.5. The van der Waals surface area contributed by atoms with Crippen molar-refractivity contribution in [2.45, 2.75) is 12.6 Å². The van der Waals surface area contributed by atoms with Gasteiger partial charge in [-0.1, -0.05) is 6.07 Å². The summed E-state index contributed by atoms with van der Waals surface area (Å²) in [5.74, 6) is 0. The van der Waals surface area contributed by atoms with Crippen molar-refractivity contribution in [3.8, 4) is 0 Å². The van der Waals surface area contributed by atoms with Crippen LogP contribution in [0.5, 0.6) is 0 Å². The summed E-state index contributed by atoms with van der Waals surface area (Å²) >= 11 is 7.09. The van der Waals surface area contributed by atoms with Crippen LogP contribution in [-0.2, 0) is 6.54 Å². The molecule has 0 spiro atoms. The lowest BCUT2D eigenvalue weighted by Crippen LogP contribution is -2.30. The van der Waals surface area contributed by atoms with E-state index in [-0.39, 0.29) is 0 Å². The normalized spacial score (nSPS) is 13.1. The van der Waals surface area contributed by atoms with Gasteiger partial charge in [-0.05, 0) is 47.5 Å². The Bertz CT molecular complexity index is 465. The lowest BCUT2D eigenvalue weighted by molar-refractivity contribution is 0.292. The minimum Gasteiger partial charge on any atom is -0.310 e. The van der Waals surface area contributed by atoms with E-state index >= 15 is 0 Å². The maximum Gasteiger partial charge on any atom is 0.0561 e. The molecule has 1 atom stereocenters. The van der Waals surface area contributed by atoms with Gasteiger partial charge in [0.1, 0.15) is 0 Å². The highest BCUT2D eigenvalue weighted by molar-refractivity contribution is 9.10. The quantitative estimate of drug-likeness (QED) is 0.852. The highest BCUT2D eigenvalue weighted by Crippen LogP contribution is 2.23. The second kappa shape index (κ2) is 6.82. The van der Waals surface area contributed by atoms with Crippen molar-refractivity contribution in [2.75, 3.05) is 20.6 Å². The van der Waals surface area contributed by atoms with Crippen LogP contribution in [0, 0.1) is 0 Å².